The molecule has 108 valence electrons. The summed E-state index contributed by atoms with van der Waals surface area (Å²) in [4.78, 5) is 12.9. The number of amides is 1. The van der Waals surface area contributed by atoms with Crippen LogP contribution in [0.5, 0.6) is 0 Å². The van der Waals surface area contributed by atoms with Gasteiger partial charge in [-0.3, -0.25) is 4.79 Å². The van der Waals surface area contributed by atoms with E-state index in [1.807, 2.05) is 32.0 Å². The maximum atomic E-state index is 12.3. The van der Waals surface area contributed by atoms with Gasteiger partial charge >= 0.3 is 0 Å². The Morgan fingerprint density at radius 1 is 1.50 bits per heavy atom. The minimum atomic E-state index is -0.0602. The SMILES string of the molecule is CSCCC(C)NC(=O)c1sc2ccc(C)cc2c1N. The Morgan fingerprint density at radius 2 is 2.25 bits per heavy atom. The van der Waals surface area contributed by atoms with Crippen LogP contribution in [0.15, 0.2) is 18.2 Å². The Morgan fingerprint density at radius 3 is 2.95 bits per heavy atom. The molecule has 5 heteroatoms. The molecule has 1 amide bonds. The van der Waals surface area contributed by atoms with Crippen molar-refractivity contribution in [3.8, 4) is 0 Å². The van der Waals surface area contributed by atoms with Gasteiger partial charge in [0, 0.05) is 16.1 Å². The second kappa shape index (κ2) is 6.50. The number of hydrogen-bond donors (Lipinski definition) is 2. The average Bonchev–Trinajstić information content (AvgIpc) is 2.74. The molecule has 0 aliphatic rings. The van der Waals surface area contributed by atoms with Crippen LogP contribution in [0, 0.1) is 6.92 Å². The highest BCUT2D eigenvalue weighted by molar-refractivity contribution is 7.98. The number of thioether (sulfide) groups is 1. The van der Waals surface area contributed by atoms with Gasteiger partial charge in [0.25, 0.3) is 5.91 Å². The highest BCUT2D eigenvalue weighted by Gasteiger charge is 2.17. The second-order valence-electron chi connectivity index (χ2n) is 5.00. The number of aryl methyl sites for hydroxylation is 1. The number of carbonyl (C=O) groups is 1. The summed E-state index contributed by atoms with van der Waals surface area (Å²) in [6, 6.07) is 6.27. The first-order valence-corrected chi connectivity index (χ1v) is 8.82. The van der Waals surface area contributed by atoms with Crippen LogP contribution in [-0.2, 0) is 0 Å². The third-order valence-corrected chi connectivity index (χ3v) is 5.05. The summed E-state index contributed by atoms with van der Waals surface area (Å²) in [5.74, 6) is 0.984. The van der Waals surface area contributed by atoms with E-state index < -0.39 is 0 Å². The van der Waals surface area contributed by atoms with Crippen molar-refractivity contribution in [3.63, 3.8) is 0 Å². The van der Waals surface area contributed by atoms with E-state index in [0.29, 0.717) is 10.6 Å². The Balaban J connectivity index is 2.20. The Kier molecular flexibility index (Phi) is 4.94. The first kappa shape index (κ1) is 15.2. The van der Waals surface area contributed by atoms with E-state index >= 15 is 0 Å². The number of nitrogens with two attached hydrogens (primary N) is 1. The molecule has 0 radical (unpaired) electrons. The van der Waals surface area contributed by atoms with Crippen molar-refractivity contribution in [1.29, 1.82) is 0 Å². The zero-order valence-corrected chi connectivity index (χ0v) is 13.7. The van der Waals surface area contributed by atoms with E-state index in [9.17, 15) is 4.79 Å². The lowest BCUT2D eigenvalue weighted by Gasteiger charge is -2.12. The molecule has 2 aromatic rings. The van der Waals surface area contributed by atoms with E-state index in [1.54, 1.807) is 11.8 Å². The normalized spacial score (nSPS) is 12.6. The third-order valence-electron chi connectivity index (χ3n) is 3.22. The first-order chi connectivity index (χ1) is 9.52. The minimum Gasteiger partial charge on any atom is -0.397 e. The number of carbonyl (C=O) groups excluding carboxylic acids is 1. The summed E-state index contributed by atoms with van der Waals surface area (Å²) >= 11 is 3.25. The average molecular weight is 308 g/mol. The number of rotatable bonds is 5. The van der Waals surface area contributed by atoms with Crippen LogP contribution >= 0.6 is 23.1 Å². The van der Waals surface area contributed by atoms with Gasteiger partial charge in [0.05, 0.1) is 5.69 Å². The van der Waals surface area contributed by atoms with E-state index in [2.05, 4.69) is 11.6 Å². The molecule has 0 aliphatic heterocycles. The molecule has 0 saturated carbocycles. The molecule has 1 aromatic carbocycles. The van der Waals surface area contributed by atoms with Crippen molar-refractivity contribution >= 4 is 44.8 Å². The number of nitrogen functional groups attached to an aromatic ring is 1. The fraction of sp³-hybridized carbons (Fsp3) is 0.400. The number of fused-ring (bicyclic) bond motifs is 1. The molecule has 20 heavy (non-hydrogen) atoms. The fourth-order valence-electron chi connectivity index (χ4n) is 2.06. The van der Waals surface area contributed by atoms with Crippen LogP contribution in [0.25, 0.3) is 10.1 Å². The van der Waals surface area contributed by atoms with Crippen molar-refractivity contribution in [3.05, 3.63) is 28.6 Å². The van der Waals surface area contributed by atoms with Crippen LogP contribution in [0.3, 0.4) is 0 Å². The quantitative estimate of drug-likeness (QED) is 0.886. The number of hydrogen-bond acceptors (Lipinski definition) is 4. The largest absolute Gasteiger partial charge is 0.397 e. The van der Waals surface area contributed by atoms with Gasteiger partial charge < -0.3 is 11.1 Å². The van der Waals surface area contributed by atoms with Crippen molar-refractivity contribution < 1.29 is 4.79 Å². The van der Waals surface area contributed by atoms with E-state index in [-0.39, 0.29) is 11.9 Å². The molecule has 3 N–H and O–H groups in total. The molecule has 1 unspecified atom stereocenters. The molecular weight excluding hydrogens is 288 g/mol. The Labute approximate surface area is 127 Å². The maximum absolute atomic E-state index is 12.3. The number of benzene rings is 1. The molecule has 1 heterocycles. The molecule has 0 saturated heterocycles. The van der Waals surface area contributed by atoms with Gasteiger partial charge in [-0.1, -0.05) is 11.6 Å². The van der Waals surface area contributed by atoms with Crippen molar-refractivity contribution in [2.75, 3.05) is 17.7 Å². The fourth-order valence-corrected chi connectivity index (χ4v) is 3.65. The van der Waals surface area contributed by atoms with Crippen molar-refractivity contribution in [2.24, 2.45) is 0 Å². The smallest absolute Gasteiger partial charge is 0.263 e. The lowest BCUT2D eigenvalue weighted by molar-refractivity contribution is 0.0944. The van der Waals surface area contributed by atoms with E-state index in [4.69, 9.17) is 5.73 Å². The van der Waals surface area contributed by atoms with Gasteiger partial charge in [-0.05, 0) is 44.4 Å². The lowest BCUT2D eigenvalue weighted by Crippen LogP contribution is -2.32. The van der Waals surface area contributed by atoms with Gasteiger partial charge in [0.15, 0.2) is 0 Å². The first-order valence-electron chi connectivity index (χ1n) is 6.61. The second-order valence-corrected chi connectivity index (χ2v) is 7.04. The monoisotopic (exact) mass is 308 g/mol. The molecular formula is C15H20N2OS2. The molecule has 2 rings (SSSR count). The lowest BCUT2D eigenvalue weighted by atomic mass is 10.1. The van der Waals surface area contributed by atoms with E-state index in [0.717, 1.165) is 27.8 Å². The number of nitrogens with one attached hydrogen (secondary N) is 1. The summed E-state index contributed by atoms with van der Waals surface area (Å²) < 4.78 is 1.06. The molecule has 1 aromatic heterocycles. The Hall–Kier alpha value is -1.20. The summed E-state index contributed by atoms with van der Waals surface area (Å²) in [5.41, 5.74) is 7.89. The van der Waals surface area contributed by atoms with Crippen LogP contribution in [0.4, 0.5) is 5.69 Å². The summed E-state index contributed by atoms with van der Waals surface area (Å²) in [6.07, 6.45) is 3.04. The van der Waals surface area contributed by atoms with Gasteiger partial charge in [-0.25, -0.2) is 0 Å². The third kappa shape index (κ3) is 3.27. The maximum Gasteiger partial charge on any atom is 0.263 e. The number of anilines is 1. The van der Waals surface area contributed by atoms with E-state index in [1.165, 1.54) is 11.3 Å². The molecule has 1 atom stereocenters. The summed E-state index contributed by atoms with van der Waals surface area (Å²) in [5, 5.41) is 4.01. The van der Waals surface area contributed by atoms with Crippen LogP contribution < -0.4 is 11.1 Å². The predicted molar refractivity (Wildman–Crippen MR) is 90.9 cm³/mol. The Bertz CT molecular complexity index is 622. The predicted octanol–water partition coefficient (Wildman–Crippen LogP) is 3.66. The standard InChI is InChI=1S/C15H20N2OS2/c1-9-4-5-12-11(8-9)13(16)14(20-12)15(18)17-10(2)6-7-19-3/h4-5,8,10H,6-7,16H2,1-3H3,(H,17,18). The molecule has 0 aliphatic carbocycles. The molecule has 0 bridgehead atoms. The summed E-state index contributed by atoms with van der Waals surface area (Å²) in [6.45, 7) is 4.06. The van der Waals surface area contributed by atoms with Gasteiger partial charge in [0.2, 0.25) is 0 Å². The summed E-state index contributed by atoms with van der Waals surface area (Å²) in [7, 11) is 0. The topological polar surface area (TPSA) is 55.1 Å². The van der Waals surface area contributed by atoms with Gasteiger partial charge in [-0.15, -0.1) is 11.3 Å². The van der Waals surface area contributed by atoms with Crippen molar-refractivity contribution in [2.45, 2.75) is 26.3 Å². The number of thiophene rings is 1. The van der Waals surface area contributed by atoms with Gasteiger partial charge in [-0.2, -0.15) is 11.8 Å². The molecule has 3 nitrogen and oxygen atoms in total. The zero-order valence-electron chi connectivity index (χ0n) is 12.0. The highest BCUT2D eigenvalue weighted by atomic mass is 32.2. The van der Waals surface area contributed by atoms with Crippen LogP contribution in [0.2, 0.25) is 0 Å². The highest BCUT2D eigenvalue weighted by Crippen LogP contribution is 2.34. The molecule has 0 spiro atoms. The van der Waals surface area contributed by atoms with Gasteiger partial charge in [0.1, 0.15) is 4.88 Å². The minimum absolute atomic E-state index is 0.0602. The zero-order chi connectivity index (χ0) is 14.7. The molecule has 0 fully saturated rings. The van der Waals surface area contributed by atoms with Crippen LogP contribution in [-0.4, -0.2) is 24.0 Å². The van der Waals surface area contributed by atoms with Crippen molar-refractivity contribution in [1.82, 2.24) is 5.32 Å². The van der Waals surface area contributed by atoms with Crippen LogP contribution in [0.1, 0.15) is 28.6 Å².